The van der Waals surface area contributed by atoms with Gasteiger partial charge < -0.3 is 4.74 Å². The molecule has 2 aromatic rings. The number of hydrogen-bond donors (Lipinski definition) is 0. The predicted molar refractivity (Wildman–Crippen MR) is 113 cm³/mol. The highest BCUT2D eigenvalue weighted by Gasteiger charge is 2.44. The summed E-state index contributed by atoms with van der Waals surface area (Å²) in [5.41, 5.74) is 0.778. The van der Waals surface area contributed by atoms with Gasteiger partial charge in [-0.1, -0.05) is 46.2 Å². The second kappa shape index (κ2) is 8.50. The van der Waals surface area contributed by atoms with E-state index in [9.17, 15) is 26.4 Å². The average Bonchev–Trinajstić information content (AvgIpc) is 2.95. The molecule has 9 nitrogen and oxygen atoms in total. The molecule has 0 spiro atoms. The zero-order valence-corrected chi connectivity index (χ0v) is 18.8. The van der Waals surface area contributed by atoms with Crippen LogP contribution in [0.15, 0.2) is 54.6 Å². The van der Waals surface area contributed by atoms with Gasteiger partial charge in [0.05, 0.1) is 29.7 Å². The normalized spacial score (nSPS) is 16.5. The first-order chi connectivity index (χ1) is 14.5. The Bertz CT molecular complexity index is 1140. The first kappa shape index (κ1) is 23.1. The smallest absolute Gasteiger partial charge is 0.263 e. The van der Waals surface area contributed by atoms with Crippen LogP contribution in [0.1, 0.15) is 38.7 Å². The van der Waals surface area contributed by atoms with Gasteiger partial charge in [-0.2, -0.15) is 0 Å². The molecule has 0 aromatic heterocycles. The monoisotopic (exact) mass is 466 g/mol. The van der Waals surface area contributed by atoms with E-state index in [-0.39, 0.29) is 17.5 Å². The molecule has 0 aliphatic carbocycles. The third kappa shape index (κ3) is 4.54. The molecule has 0 saturated carbocycles. The van der Waals surface area contributed by atoms with Crippen molar-refractivity contribution in [1.82, 2.24) is 8.61 Å². The molecule has 0 radical (unpaired) electrons. The summed E-state index contributed by atoms with van der Waals surface area (Å²) in [6.07, 6.45) is 0.0805. The molecular formula is C20H22N2O7S2. The van der Waals surface area contributed by atoms with Crippen LogP contribution in [-0.4, -0.2) is 63.1 Å². The molecule has 1 aliphatic rings. The van der Waals surface area contributed by atoms with Gasteiger partial charge in [-0.3, -0.25) is 9.59 Å². The van der Waals surface area contributed by atoms with Crippen molar-refractivity contribution < 1.29 is 31.2 Å². The maximum Gasteiger partial charge on any atom is 0.263 e. The molecule has 166 valence electrons. The summed E-state index contributed by atoms with van der Waals surface area (Å²) < 4.78 is 55.6. The van der Waals surface area contributed by atoms with E-state index >= 15 is 0 Å². The van der Waals surface area contributed by atoms with E-state index in [4.69, 9.17) is 4.74 Å². The Morgan fingerprint density at radius 3 is 1.71 bits per heavy atom. The summed E-state index contributed by atoms with van der Waals surface area (Å²) in [5, 5.41) is 0. The summed E-state index contributed by atoms with van der Waals surface area (Å²) in [6.45, 7) is 0. The lowest BCUT2D eigenvalue weighted by Crippen LogP contribution is -2.46. The van der Waals surface area contributed by atoms with E-state index in [1.807, 2.05) is 0 Å². The highest BCUT2D eigenvalue weighted by atomic mass is 32.3. The molecule has 0 saturated heterocycles. The number of ether oxygens (including phenoxy) is 1. The van der Waals surface area contributed by atoms with E-state index in [2.05, 4.69) is 0 Å². The zero-order valence-electron chi connectivity index (χ0n) is 17.1. The SMILES string of the molecule is COC(CC(c1ccccc1)N(S(C)(=O)=O)S(C)(=O)=O)N1C(=O)c2ccccc2C1=O. The van der Waals surface area contributed by atoms with Gasteiger partial charge in [-0.15, -0.1) is 0 Å². The molecule has 11 heteroatoms. The first-order valence-electron chi connectivity index (χ1n) is 9.21. The summed E-state index contributed by atoms with van der Waals surface area (Å²) in [4.78, 5) is 26.6. The number of fused-ring (bicyclic) bond motifs is 1. The van der Waals surface area contributed by atoms with E-state index in [0.717, 1.165) is 17.4 Å². The molecule has 31 heavy (non-hydrogen) atoms. The van der Waals surface area contributed by atoms with Gasteiger partial charge in [0.2, 0.25) is 20.0 Å². The largest absolute Gasteiger partial charge is 0.361 e. The van der Waals surface area contributed by atoms with Crippen LogP contribution in [0.3, 0.4) is 0 Å². The Labute approximate surface area is 181 Å². The molecule has 1 heterocycles. The number of hydrogen-bond acceptors (Lipinski definition) is 7. The number of carbonyl (C=O) groups is 2. The molecule has 2 amide bonds. The standard InChI is InChI=1S/C20H22N2O7S2/c1-29-18(21-19(23)15-11-7-8-12-16(15)20(21)24)13-17(14-9-5-4-6-10-14)22(30(2,25)26)31(3,27)28/h4-12,17-18H,13H2,1-3H3. The highest BCUT2D eigenvalue weighted by Crippen LogP contribution is 2.34. The Balaban J connectivity index is 2.07. The number of imide groups is 1. The molecule has 0 fully saturated rings. The maximum atomic E-state index is 12.9. The van der Waals surface area contributed by atoms with Gasteiger partial charge in [0.25, 0.3) is 11.8 Å². The van der Waals surface area contributed by atoms with Gasteiger partial charge >= 0.3 is 0 Å². The first-order valence-corrected chi connectivity index (χ1v) is 12.9. The number of rotatable bonds is 8. The van der Waals surface area contributed by atoms with E-state index < -0.39 is 44.1 Å². The van der Waals surface area contributed by atoms with Gasteiger partial charge in [0.15, 0.2) is 0 Å². The van der Waals surface area contributed by atoms with E-state index in [0.29, 0.717) is 9.27 Å². The van der Waals surface area contributed by atoms with Crippen molar-refractivity contribution in [1.29, 1.82) is 0 Å². The fraction of sp³-hybridized carbons (Fsp3) is 0.300. The van der Waals surface area contributed by atoms with Crippen LogP contribution in [0.5, 0.6) is 0 Å². The van der Waals surface area contributed by atoms with Crippen molar-refractivity contribution in [2.45, 2.75) is 18.7 Å². The van der Waals surface area contributed by atoms with E-state index in [1.54, 1.807) is 42.5 Å². The Kier molecular flexibility index (Phi) is 6.33. The summed E-state index contributed by atoms with van der Waals surface area (Å²) in [7, 11) is -7.19. The van der Waals surface area contributed by atoms with Gasteiger partial charge in [-0.05, 0) is 17.7 Å². The van der Waals surface area contributed by atoms with Crippen molar-refractivity contribution in [2.24, 2.45) is 0 Å². The van der Waals surface area contributed by atoms with Crippen molar-refractivity contribution in [2.75, 3.05) is 19.6 Å². The Hall–Kier alpha value is -2.60. The minimum Gasteiger partial charge on any atom is -0.361 e. The van der Waals surface area contributed by atoms with Gasteiger partial charge in [0.1, 0.15) is 6.23 Å². The van der Waals surface area contributed by atoms with Crippen LogP contribution in [0, 0.1) is 0 Å². The Morgan fingerprint density at radius 2 is 1.29 bits per heavy atom. The minimum atomic E-state index is -4.23. The summed E-state index contributed by atoms with van der Waals surface area (Å²) in [5.74, 6) is -1.19. The predicted octanol–water partition coefficient (Wildman–Crippen LogP) is 1.61. The molecule has 0 N–H and O–H groups in total. The van der Waals surface area contributed by atoms with Crippen molar-refractivity contribution in [3.63, 3.8) is 0 Å². The molecule has 2 unspecified atom stereocenters. The summed E-state index contributed by atoms with van der Waals surface area (Å²) in [6, 6.07) is 13.1. The number of carbonyl (C=O) groups excluding carboxylic acids is 2. The molecule has 1 aliphatic heterocycles. The average molecular weight is 467 g/mol. The van der Waals surface area contributed by atoms with Crippen LogP contribution in [0.2, 0.25) is 0 Å². The van der Waals surface area contributed by atoms with E-state index in [1.165, 1.54) is 19.2 Å². The lowest BCUT2D eigenvalue weighted by molar-refractivity contribution is -0.0196. The number of sulfonamides is 2. The fourth-order valence-corrected chi connectivity index (χ4v) is 7.00. The minimum absolute atomic E-state index is 0.203. The lowest BCUT2D eigenvalue weighted by Gasteiger charge is -2.33. The van der Waals surface area contributed by atoms with Crippen LogP contribution in [-0.2, 0) is 24.8 Å². The van der Waals surface area contributed by atoms with Crippen LogP contribution >= 0.6 is 0 Å². The number of benzene rings is 2. The number of methoxy groups -OCH3 is 1. The third-order valence-electron chi connectivity index (χ3n) is 4.90. The van der Waals surface area contributed by atoms with Gasteiger partial charge in [0, 0.05) is 13.5 Å². The lowest BCUT2D eigenvalue weighted by atomic mass is 10.0. The molecular weight excluding hydrogens is 444 g/mol. The second-order valence-corrected chi connectivity index (χ2v) is 11.1. The molecule has 2 aromatic carbocycles. The number of nitrogens with zero attached hydrogens (tertiary/aromatic N) is 2. The molecule has 3 rings (SSSR count). The van der Waals surface area contributed by atoms with Gasteiger partial charge in [-0.25, -0.2) is 21.7 Å². The van der Waals surface area contributed by atoms with Crippen LogP contribution in [0.4, 0.5) is 0 Å². The Morgan fingerprint density at radius 1 is 0.839 bits per heavy atom. The second-order valence-electron chi connectivity index (χ2n) is 7.13. The zero-order chi connectivity index (χ0) is 23.0. The van der Waals surface area contributed by atoms with Crippen LogP contribution in [0.25, 0.3) is 0 Å². The van der Waals surface area contributed by atoms with Crippen molar-refractivity contribution >= 4 is 31.9 Å². The maximum absolute atomic E-state index is 12.9. The molecule has 0 bridgehead atoms. The summed E-state index contributed by atoms with van der Waals surface area (Å²) >= 11 is 0. The van der Waals surface area contributed by atoms with Crippen LogP contribution < -0.4 is 0 Å². The number of amides is 2. The van der Waals surface area contributed by atoms with Crippen molar-refractivity contribution in [3.8, 4) is 0 Å². The van der Waals surface area contributed by atoms with Crippen molar-refractivity contribution in [3.05, 3.63) is 71.3 Å². The highest BCUT2D eigenvalue weighted by molar-refractivity contribution is 8.03. The third-order valence-corrected chi connectivity index (χ3v) is 8.34. The fourth-order valence-electron chi connectivity index (χ4n) is 3.69. The quantitative estimate of drug-likeness (QED) is 0.542. The molecule has 2 atom stereocenters. The topological polar surface area (TPSA) is 118 Å².